The Hall–Kier alpha value is 0.110. The molecule has 1 aromatic rings. The minimum Gasteiger partial charge on any atom is -0.204 e. The lowest BCUT2D eigenvalue weighted by Gasteiger charge is -1.99. The van der Waals surface area contributed by atoms with Crippen molar-refractivity contribution in [3.8, 4) is 0 Å². The summed E-state index contributed by atoms with van der Waals surface area (Å²) in [5.41, 5.74) is 0. The highest BCUT2D eigenvalue weighted by Crippen LogP contribution is 2.02. The maximum Gasteiger partial charge on any atom is 0.168 e. The summed E-state index contributed by atoms with van der Waals surface area (Å²) in [6, 6.07) is 6.09. The van der Waals surface area contributed by atoms with E-state index < -0.39 is 0 Å². The average Bonchev–Trinajstić information content (AvgIpc) is 2.06. The van der Waals surface area contributed by atoms with Crippen LogP contribution in [0, 0.1) is 0 Å². The highest BCUT2D eigenvalue weighted by atomic mass is 79.9. The molecular formula is C8H10Br2N+. The Morgan fingerprint density at radius 2 is 1.82 bits per heavy atom. The predicted molar refractivity (Wildman–Crippen MR) is 53.1 cm³/mol. The summed E-state index contributed by atoms with van der Waals surface area (Å²) in [4.78, 5) is 0.509. The first-order valence-electron chi connectivity index (χ1n) is 3.47. The highest BCUT2D eigenvalue weighted by Gasteiger charge is 2.06. The smallest absolute Gasteiger partial charge is 0.168 e. The highest BCUT2D eigenvalue weighted by molar-refractivity contribution is 9.12. The van der Waals surface area contributed by atoms with Crippen molar-refractivity contribution in [3.63, 3.8) is 0 Å². The van der Waals surface area contributed by atoms with Crippen LogP contribution in [0.5, 0.6) is 0 Å². The van der Waals surface area contributed by atoms with E-state index in [2.05, 4.69) is 48.8 Å². The molecule has 3 heteroatoms. The van der Waals surface area contributed by atoms with Crippen molar-refractivity contribution in [2.75, 3.05) is 5.33 Å². The van der Waals surface area contributed by atoms with Crippen molar-refractivity contribution in [1.82, 2.24) is 0 Å². The third kappa shape index (κ3) is 3.34. The molecule has 0 amide bonds. The monoisotopic (exact) mass is 278 g/mol. The van der Waals surface area contributed by atoms with Crippen LogP contribution in [0.1, 0.15) is 0 Å². The van der Waals surface area contributed by atoms with Crippen LogP contribution >= 0.6 is 31.9 Å². The fourth-order valence-electron chi connectivity index (χ4n) is 0.834. The molecule has 0 aliphatic carbocycles. The summed E-state index contributed by atoms with van der Waals surface area (Å²) >= 11 is 6.96. The molecule has 1 nitrogen and oxygen atoms in total. The lowest BCUT2D eigenvalue weighted by molar-refractivity contribution is -0.695. The first kappa shape index (κ1) is 9.20. The van der Waals surface area contributed by atoms with Gasteiger partial charge in [0, 0.05) is 17.5 Å². The van der Waals surface area contributed by atoms with E-state index in [0.717, 1.165) is 11.9 Å². The maximum atomic E-state index is 3.55. The van der Waals surface area contributed by atoms with Gasteiger partial charge in [-0.15, -0.1) is 0 Å². The molecule has 0 aliphatic rings. The summed E-state index contributed by atoms with van der Waals surface area (Å²) in [6.07, 6.45) is 4.13. The van der Waals surface area contributed by atoms with Gasteiger partial charge in [-0.3, -0.25) is 0 Å². The molecule has 1 aromatic heterocycles. The standard InChI is InChI=1S/C8H10Br2N/c9-6-8(10)7-11-4-2-1-3-5-11/h1-5,8H,6-7H2/q+1/t8-/m1/s1. The Kier molecular flexibility index (Phi) is 4.08. The van der Waals surface area contributed by atoms with E-state index in [-0.39, 0.29) is 0 Å². The van der Waals surface area contributed by atoms with Crippen LogP contribution in [-0.4, -0.2) is 10.2 Å². The molecule has 0 bridgehead atoms. The molecule has 0 N–H and O–H groups in total. The molecule has 0 fully saturated rings. The largest absolute Gasteiger partial charge is 0.204 e. The summed E-state index contributed by atoms with van der Waals surface area (Å²) in [6.45, 7) is 1.01. The van der Waals surface area contributed by atoms with Crippen molar-refractivity contribution >= 4 is 31.9 Å². The Morgan fingerprint density at radius 3 is 2.36 bits per heavy atom. The third-order valence-electron chi connectivity index (χ3n) is 1.35. The maximum absolute atomic E-state index is 3.55. The van der Waals surface area contributed by atoms with Crippen molar-refractivity contribution in [3.05, 3.63) is 30.6 Å². The van der Waals surface area contributed by atoms with Crippen LogP contribution in [0.3, 0.4) is 0 Å². The fraction of sp³-hybridized carbons (Fsp3) is 0.375. The van der Waals surface area contributed by atoms with Crippen LogP contribution < -0.4 is 4.57 Å². The Bertz CT molecular complexity index is 201. The van der Waals surface area contributed by atoms with Gasteiger partial charge in [0.1, 0.15) is 0 Å². The van der Waals surface area contributed by atoms with E-state index >= 15 is 0 Å². The molecule has 1 rings (SSSR count). The normalized spacial score (nSPS) is 12.9. The lowest BCUT2D eigenvalue weighted by Crippen LogP contribution is -2.37. The molecule has 1 heterocycles. The second kappa shape index (κ2) is 4.88. The number of alkyl halides is 2. The van der Waals surface area contributed by atoms with Gasteiger partial charge in [0.2, 0.25) is 0 Å². The van der Waals surface area contributed by atoms with E-state index in [1.807, 2.05) is 18.2 Å². The van der Waals surface area contributed by atoms with E-state index in [9.17, 15) is 0 Å². The number of pyridine rings is 1. The zero-order valence-electron chi connectivity index (χ0n) is 6.08. The minimum absolute atomic E-state index is 0.509. The minimum atomic E-state index is 0.509. The Labute approximate surface area is 83.7 Å². The topological polar surface area (TPSA) is 3.88 Å². The fourth-order valence-corrected chi connectivity index (χ4v) is 1.37. The van der Waals surface area contributed by atoms with Crippen LogP contribution in [0.4, 0.5) is 0 Å². The molecule has 11 heavy (non-hydrogen) atoms. The number of hydrogen-bond acceptors (Lipinski definition) is 0. The number of aromatic nitrogens is 1. The van der Waals surface area contributed by atoms with Gasteiger partial charge in [0.15, 0.2) is 18.9 Å². The molecular weight excluding hydrogens is 270 g/mol. The lowest BCUT2D eigenvalue weighted by atomic mass is 10.4. The van der Waals surface area contributed by atoms with Gasteiger partial charge in [-0.1, -0.05) is 37.9 Å². The Morgan fingerprint density at radius 1 is 1.18 bits per heavy atom. The molecule has 0 unspecified atom stereocenters. The number of rotatable bonds is 3. The molecule has 0 aromatic carbocycles. The van der Waals surface area contributed by atoms with Crippen LogP contribution in [0.25, 0.3) is 0 Å². The number of nitrogens with zero attached hydrogens (tertiary/aromatic N) is 1. The first-order chi connectivity index (χ1) is 5.33. The zero-order valence-corrected chi connectivity index (χ0v) is 9.25. The van der Waals surface area contributed by atoms with Crippen LogP contribution in [0.15, 0.2) is 30.6 Å². The average molecular weight is 280 g/mol. The van der Waals surface area contributed by atoms with E-state index in [1.165, 1.54) is 0 Å². The van der Waals surface area contributed by atoms with E-state index in [4.69, 9.17) is 0 Å². The van der Waals surface area contributed by atoms with Gasteiger partial charge in [-0.2, -0.15) is 0 Å². The first-order valence-corrected chi connectivity index (χ1v) is 5.51. The molecule has 0 spiro atoms. The zero-order chi connectivity index (χ0) is 8.10. The Balaban J connectivity index is 2.51. The van der Waals surface area contributed by atoms with Gasteiger partial charge in [0.25, 0.3) is 0 Å². The summed E-state index contributed by atoms with van der Waals surface area (Å²) in [5.74, 6) is 0. The van der Waals surface area contributed by atoms with Crippen LogP contribution in [-0.2, 0) is 6.54 Å². The van der Waals surface area contributed by atoms with Gasteiger partial charge < -0.3 is 0 Å². The van der Waals surface area contributed by atoms with Gasteiger partial charge in [-0.25, -0.2) is 4.57 Å². The summed E-state index contributed by atoms with van der Waals surface area (Å²) in [5, 5.41) is 0.981. The second-order valence-corrected chi connectivity index (χ2v) is 4.27. The van der Waals surface area contributed by atoms with Gasteiger partial charge >= 0.3 is 0 Å². The van der Waals surface area contributed by atoms with Crippen molar-refractivity contribution in [1.29, 1.82) is 0 Å². The van der Waals surface area contributed by atoms with Crippen LogP contribution in [0.2, 0.25) is 0 Å². The molecule has 0 saturated carbocycles. The molecule has 0 radical (unpaired) electrons. The summed E-state index contributed by atoms with van der Waals surface area (Å²) in [7, 11) is 0. The quantitative estimate of drug-likeness (QED) is 0.590. The number of hydrogen-bond donors (Lipinski definition) is 0. The van der Waals surface area contributed by atoms with Crippen molar-refractivity contribution in [2.24, 2.45) is 0 Å². The van der Waals surface area contributed by atoms with Crippen molar-refractivity contribution < 1.29 is 4.57 Å². The molecule has 1 atom stereocenters. The SMILES string of the molecule is BrC[C@@H](Br)C[n+]1ccccc1. The molecule has 60 valence electrons. The van der Waals surface area contributed by atoms with E-state index in [1.54, 1.807) is 0 Å². The van der Waals surface area contributed by atoms with Crippen molar-refractivity contribution in [2.45, 2.75) is 11.4 Å². The number of halogens is 2. The van der Waals surface area contributed by atoms with Gasteiger partial charge in [0.05, 0.1) is 4.83 Å². The second-order valence-electron chi connectivity index (χ2n) is 2.32. The predicted octanol–water partition coefficient (Wildman–Crippen LogP) is 2.13. The van der Waals surface area contributed by atoms with Gasteiger partial charge in [-0.05, 0) is 0 Å². The summed E-state index contributed by atoms with van der Waals surface area (Å²) < 4.78 is 2.15. The van der Waals surface area contributed by atoms with E-state index in [0.29, 0.717) is 4.83 Å². The third-order valence-corrected chi connectivity index (χ3v) is 3.62. The molecule has 0 aliphatic heterocycles. The molecule has 0 saturated heterocycles.